The van der Waals surface area contributed by atoms with Gasteiger partial charge in [0.15, 0.2) is 0 Å². The molecule has 0 bridgehead atoms. The Morgan fingerprint density at radius 3 is 3.09 bits per heavy atom. The molecule has 0 radical (unpaired) electrons. The predicted octanol–water partition coefficient (Wildman–Crippen LogP) is 1.73. The average molecular weight is 152 g/mol. The molecule has 0 aromatic heterocycles. The molecule has 0 amide bonds. The van der Waals surface area contributed by atoms with E-state index in [4.69, 9.17) is 0 Å². The van der Waals surface area contributed by atoms with E-state index in [2.05, 4.69) is 17.2 Å². The van der Waals surface area contributed by atoms with Crippen LogP contribution in [0.1, 0.15) is 26.7 Å². The fourth-order valence-corrected chi connectivity index (χ4v) is 1.27. The summed E-state index contributed by atoms with van der Waals surface area (Å²) in [5.41, 5.74) is 1.29. The Hall–Kier alpha value is -0.630. The first-order valence-corrected chi connectivity index (χ1v) is 4.25. The largest absolute Gasteiger partial charge is 0.309 e. The summed E-state index contributed by atoms with van der Waals surface area (Å²) in [5, 5.41) is 3.38. The van der Waals surface area contributed by atoms with Gasteiger partial charge in [0.1, 0.15) is 0 Å². The van der Waals surface area contributed by atoms with Crippen molar-refractivity contribution in [1.82, 2.24) is 5.32 Å². The number of allylic oxidation sites excluding steroid dienone is 1. The first kappa shape index (κ1) is 8.47. The van der Waals surface area contributed by atoms with Gasteiger partial charge in [0, 0.05) is 18.0 Å². The highest BCUT2D eigenvalue weighted by molar-refractivity contribution is 5.90. The van der Waals surface area contributed by atoms with Crippen LogP contribution in [-0.4, -0.2) is 18.3 Å². The van der Waals surface area contributed by atoms with Crippen molar-refractivity contribution < 1.29 is 0 Å². The van der Waals surface area contributed by atoms with E-state index in [1.54, 1.807) is 0 Å². The molecule has 1 unspecified atom stereocenters. The Bertz CT molecular complexity index is 170. The van der Waals surface area contributed by atoms with Crippen LogP contribution in [0.4, 0.5) is 0 Å². The zero-order valence-electron chi connectivity index (χ0n) is 7.30. The van der Waals surface area contributed by atoms with Crippen LogP contribution < -0.4 is 5.32 Å². The minimum atomic E-state index is 0.472. The molecule has 1 aliphatic heterocycles. The summed E-state index contributed by atoms with van der Waals surface area (Å²) in [6, 6.07) is 0.472. The molecule has 1 heterocycles. The zero-order chi connectivity index (χ0) is 8.10. The van der Waals surface area contributed by atoms with Gasteiger partial charge < -0.3 is 5.32 Å². The average Bonchev–Trinajstić information content (AvgIpc) is 2.03. The molecule has 1 saturated heterocycles. The SMILES string of the molecule is C/C=C\N=C1CCCNC1C. The van der Waals surface area contributed by atoms with Crippen LogP contribution in [0.5, 0.6) is 0 Å². The first-order valence-electron chi connectivity index (χ1n) is 4.25. The van der Waals surface area contributed by atoms with E-state index < -0.39 is 0 Å². The van der Waals surface area contributed by atoms with Crippen LogP contribution in [0.25, 0.3) is 0 Å². The van der Waals surface area contributed by atoms with Crippen LogP contribution >= 0.6 is 0 Å². The molecule has 2 nitrogen and oxygen atoms in total. The third kappa shape index (κ3) is 2.46. The van der Waals surface area contributed by atoms with Crippen molar-refractivity contribution in [3.8, 4) is 0 Å². The Balaban J connectivity index is 2.53. The van der Waals surface area contributed by atoms with E-state index in [1.165, 1.54) is 12.1 Å². The normalized spacial score (nSPS) is 30.0. The lowest BCUT2D eigenvalue weighted by atomic mass is 10.0. The van der Waals surface area contributed by atoms with Gasteiger partial charge in [0.05, 0.1) is 0 Å². The topological polar surface area (TPSA) is 24.4 Å². The van der Waals surface area contributed by atoms with Crippen molar-refractivity contribution >= 4 is 5.71 Å². The van der Waals surface area contributed by atoms with Gasteiger partial charge in [-0.05, 0) is 33.2 Å². The van der Waals surface area contributed by atoms with Crippen molar-refractivity contribution in [3.63, 3.8) is 0 Å². The van der Waals surface area contributed by atoms with E-state index >= 15 is 0 Å². The van der Waals surface area contributed by atoms with E-state index in [0.29, 0.717) is 6.04 Å². The maximum Gasteiger partial charge on any atom is 0.0426 e. The van der Waals surface area contributed by atoms with Gasteiger partial charge in [0.25, 0.3) is 0 Å². The first-order chi connectivity index (χ1) is 5.34. The van der Waals surface area contributed by atoms with Crippen molar-refractivity contribution in [2.45, 2.75) is 32.7 Å². The van der Waals surface area contributed by atoms with E-state index in [9.17, 15) is 0 Å². The Morgan fingerprint density at radius 1 is 1.64 bits per heavy atom. The minimum absolute atomic E-state index is 0.472. The van der Waals surface area contributed by atoms with Gasteiger partial charge >= 0.3 is 0 Å². The molecule has 0 aliphatic carbocycles. The lowest BCUT2D eigenvalue weighted by Gasteiger charge is -2.21. The minimum Gasteiger partial charge on any atom is -0.309 e. The second-order valence-corrected chi connectivity index (χ2v) is 2.88. The maximum absolute atomic E-state index is 4.36. The van der Waals surface area contributed by atoms with Crippen molar-refractivity contribution in [2.24, 2.45) is 4.99 Å². The summed E-state index contributed by atoms with van der Waals surface area (Å²) < 4.78 is 0. The number of nitrogens with zero attached hydrogens (tertiary/aromatic N) is 1. The van der Waals surface area contributed by atoms with Gasteiger partial charge in [-0.1, -0.05) is 6.08 Å². The van der Waals surface area contributed by atoms with E-state index in [1.807, 2.05) is 19.2 Å². The number of nitrogens with one attached hydrogen (secondary N) is 1. The van der Waals surface area contributed by atoms with Crippen molar-refractivity contribution in [3.05, 3.63) is 12.3 Å². The Morgan fingerprint density at radius 2 is 2.45 bits per heavy atom. The summed E-state index contributed by atoms with van der Waals surface area (Å²) in [6.45, 7) is 5.29. The fourth-order valence-electron chi connectivity index (χ4n) is 1.27. The molecule has 1 fully saturated rings. The lowest BCUT2D eigenvalue weighted by molar-refractivity contribution is 0.585. The Kier molecular flexibility index (Phi) is 3.30. The molecule has 0 aromatic rings. The zero-order valence-corrected chi connectivity index (χ0v) is 7.30. The van der Waals surface area contributed by atoms with Crippen LogP contribution in [-0.2, 0) is 0 Å². The smallest absolute Gasteiger partial charge is 0.0426 e. The van der Waals surface area contributed by atoms with Gasteiger partial charge in [-0.2, -0.15) is 0 Å². The Labute approximate surface area is 68.4 Å². The molecule has 1 atom stereocenters. The summed E-state index contributed by atoms with van der Waals surface area (Å²) in [4.78, 5) is 4.36. The van der Waals surface area contributed by atoms with E-state index in [0.717, 1.165) is 13.0 Å². The molecule has 0 spiro atoms. The summed E-state index contributed by atoms with van der Waals surface area (Å²) in [6.07, 6.45) is 6.21. The molecule has 2 heteroatoms. The molecule has 1 aliphatic rings. The molecule has 0 saturated carbocycles. The van der Waals surface area contributed by atoms with Gasteiger partial charge in [-0.3, -0.25) is 4.99 Å². The molecule has 62 valence electrons. The maximum atomic E-state index is 4.36. The predicted molar refractivity (Wildman–Crippen MR) is 48.9 cm³/mol. The quantitative estimate of drug-likeness (QED) is 0.608. The van der Waals surface area contributed by atoms with Crippen molar-refractivity contribution in [2.75, 3.05) is 6.54 Å². The van der Waals surface area contributed by atoms with Crippen LogP contribution in [0.3, 0.4) is 0 Å². The van der Waals surface area contributed by atoms with Crippen LogP contribution in [0.2, 0.25) is 0 Å². The van der Waals surface area contributed by atoms with Gasteiger partial charge in [-0.15, -0.1) is 0 Å². The fraction of sp³-hybridized carbons (Fsp3) is 0.667. The van der Waals surface area contributed by atoms with Gasteiger partial charge in [0.2, 0.25) is 0 Å². The summed E-state index contributed by atoms with van der Waals surface area (Å²) >= 11 is 0. The number of aliphatic imine (C=N–C) groups is 1. The van der Waals surface area contributed by atoms with Crippen LogP contribution in [0, 0.1) is 0 Å². The van der Waals surface area contributed by atoms with E-state index in [-0.39, 0.29) is 0 Å². The summed E-state index contributed by atoms with van der Waals surface area (Å²) in [5.74, 6) is 0. The molecule has 1 N–H and O–H groups in total. The second-order valence-electron chi connectivity index (χ2n) is 2.88. The molecule has 0 aromatic carbocycles. The highest BCUT2D eigenvalue weighted by Crippen LogP contribution is 2.04. The molecule has 1 rings (SSSR count). The summed E-state index contributed by atoms with van der Waals surface area (Å²) in [7, 11) is 0. The third-order valence-electron chi connectivity index (χ3n) is 1.95. The molecular weight excluding hydrogens is 136 g/mol. The molecule has 11 heavy (non-hydrogen) atoms. The van der Waals surface area contributed by atoms with Gasteiger partial charge in [-0.25, -0.2) is 0 Å². The van der Waals surface area contributed by atoms with Crippen molar-refractivity contribution in [1.29, 1.82) is 0 Å². The second kappa shape index (κ2) is 4.29. The monoisotopic (exact) mass is 152 g/mol. The number of hydrogen-bond donors (Lipinski definition) is 1. The highest BCUT2D eigenvalue weighted by atomic mass is 14.9. The number of hydrogen-bond acceptors (Lipinski definition) is 2. The lowest BCUT2D eigenvalue weighted by Crippen LogP contribution is -2.39. The number of piperidine rings is 1. The highest BCUT2D eigenvalue weighted by Gasteiger charge is 2.13. The third-order valence-corrected chi connectivity index (χ3v) is 1.95. The molecular formula is C9H16N2. The number of rotatable bonds is 1. The van der Waals surface area contributed by atoms with Crippen LogP contribution in [0.15, 0.2) is 17.3 Å². The standard InChI is InChI=1S/C9H16N2/c1-3-6-11-9-5-4-7-10-8(9)2/h3,6,8,10H,4-5,7H2,1-2H3/b6-3-,11-9?.